The maximum atomic E-state index is 5.02. The number of hydrogen-bond donors (Lipinski definition) is 4. The third-order valence-corrected chi connectivity index (χ3v) is 14.9. The standard InChI is InChI=1S/2C32H18N8.Tb/c2*1-2-10-18-17(9-1)25-33-26(18)38-28-21-13-5-6-14-22(21)30(35-28)40-32-24-16-8-7-15-23(24)31(36-32)39-29-20-12-4-3-11-19(20)27(34-29)37-25;/h2*1-16H,(H2,33,34,35,36,37,38,39,40);. The van der Waals surface area contributed by atoms with Crippen molar-refractivity contribution >= 4 is 88.3 Å². The van der Waals surface area contributed by atoms with Crippen LogP contribution in [0, 0.1) is 38.6 Å². The van der Waals surface area contributed by atoms with Crippen molar-refractivity contribution < 1.29 is 38.6 Å². The molecule has 4 aliphatic heterocycles. The van der Waals surface area contributed by atoms with Crippen LogP contribution in [0.1, 0.15) is 0 Å². The summed E-state index contributed by atoms with van der Waals surface area (Å²) in [6.07, 6.45) is 0. The zero-order valence-electron chi connectivity index (χ0n) is 42.2. The molecule has 0 fully saturated rings. The van der Waals surface area contributed by atoms with Crippen molar-refractivity contribution in [1.29, 1.82) is 0 Å². The normalized spacial score (nSPS) is 11.9. The quantitative estimate of drug-likeness (QED) is 0.111. The van der Waals surface area contributed by atoms with Crippen molar-refractivity contribution in [3.05, 3.63) is 194 Å². The van der Waals surface area contributed by atoms with Crippen molar-refractivity contribution in [3.63, 3.8) is 0 Å². The molecular formula is C64H36N16Tb. The summed E-state index contributed by atoms with van der Waals surface area (Å²) in [4.78, 5) is 73.5. The fraction of sp³-hybridized carbons (Fsp3) is 0. The van der Waals surface area contributed by atoms with Gasteiger partial charge in [0.05, 0.1) is 0 Å². The Bertz CT molecular complexity index is 4390. The molecule has 0 aliphatic carbocycles. The van der Waals surface area contributed by atoms with Gasteiger partial charge >= 0.3 is 0 Å². The van der Waals surface area contributed by atoms with Crippen molar-refractivity contribution in [3.8, 4) is 91.1 Å². The zero-order chi connectivity index (χ0) is 52.4. The Labute approximate surface area is 488 Å². The van der Waals surface area contributed by atoms with Gasteiger partial charge in [-0.05, 0) is 0 Å². The van der Waals surface area contributed by atoms with E-state index in [0.29, 0.717) is 91.8 Å². The topological polar surface area (TPSA) is 218 Å². The Kier molecular flexibility index (Phi) is 10.7. The summed E-state index contributed by atoms with van der Waals surface area (Å²) in [5, 5.41) is 7.64. The molecule has 18 rings (SSSR count). The maximum Gasteiger partial charge on any atom is 0.164 e. The van der Waals surface area contributed by atoms with Gasteiger partial charge in [-0.2, -0.15) is 0 Å². The van der Waals surface area contributed by atoms with E-state index in [1.54, 1.807) is 0 Å². The smallest absolute Gasteiger partial charge is 0.164 e. The van der Waals surface area contributed by atoms with E-state index in [9.17, 15) is 0 Å². The molecule has 0 unspecified atom stereocenters. The van der Waals surface area contributed by atoms with Crippen molar-refractivity contribution in [2.45, 2.75) is 0 Å². The predicted octanol–water partition coefficient (Wildman–Crippen LogP) is 13.7. The number of rotatable bonds is 0. The van der Waals surface area contributed by atoms with E-state index >= 15 is 0 Å². The van der Waals surface area contributed by atoms with Crippen LogP contribution >= 0.6 is 0 Å². The predicted molar refractivity (Wildman–Crippen MR) is 312 cm³/mol. The summed E-state index contributed by atoms with van der Waals surface area (Å²) >= 11 is 0. The zero-order valence-corrected chi connectivity index (χ0v) is 44.3. The van der Waals surface area contributed by atoms with E-state index < -0.39 is 0 Å². The molecule has 0 spiro atoms. The fourth-order valence-corrected chi connectivity index (χ4v) is 11.2. The number of hydrogen-bond acceptors (Lipinski definition) is 12. The van der Waals surface area contributed by atoms with Crippen LogP contribution in [0.15, 0.2) is 194 Å². The SMILES string of the molecule is [Tb].c1ccc2c(c1)-c1nc-2nc2[nH]c(nc3nc(nc4[nH]c(n1)c1ccccc41)-c1ccccc1-3)c1ccccc21.c1ccc2c(c1)-c1nc-2nc2[nH]c(nc3nc(nc4[nH]c(n1)c1ccccc41)-c1ccccc1-3)c1ccccc21. The van der Waals surface area contributed by atoms with Crippen LogP contribution in [0.3, 0.4) is 0 Å². The van der Waals surface area contributed by atoms with E-state index in [1.165, 1.54) is 0 Å². The molecule has 81 heavy (non-hydrogen) atoms. The summed E-state index contributed by atoms with van der Waals surface area (Å²) in [7, 11) is 0. The first kappa shape index (κ1) is 46.8. The van der Waals surface area contributed by atoms with Gasteiger partial charge in [-0.15, -0.1) is 0 Å². The number of H-pyrrole nitrogens is 4. The number of benzene rings is 8. The summed E-state index contributed by atoms with van der Waals surface area (Å²) in [6.45, 7) is 0. The van der Waals surface area contributed by atoms with E-state index in [4.69, 9.17) is 59.8 Å². The molecule has 1 radical (unpaired) electrons. The molecule has 4 aliphatic rings. The first-order valence-electron chi connectivity index (χ1n) is 26.0. The van der Waals surface area contributed by atoms with Crippen LogP contribution in [0.2, 0.25) is 0 Å². The number of nitrogens with one attached hydrogen (secondary N) is 4. The second kappa shape index (κ2) is 18.4. The third-order valence-electron chi connectivity index (χ3n) is 14.9. The number of fused-ring (bicyclic) bond motifs is 40. The summed E-state index contributed by atoms with van der Waals surface area (Å²) < 4.78 is 0. The summed E-state index contributed by atoms with van der Waals surface area (Å²) in [6, 6.07) is 64.5. The molecule has 6 aromatic heterocycles. The molecule has 16 bridgehead atoms. The van der Waals surface area contributed by atoms with Gasteiger partial charge in [0.2, 0.25) is 0 Å². The van der Waals surface area contributed by atoms with Gasteiger partial charge in [0, 0.05) is 126 Å². The van der Waals surface area contributed by atoms with Gasteiger partial charge in [-0.25, -0.2) is 59.8 Å². The molecule has 0 saturated carbocycles. The average molecular weight is 1190 g/mol. The van der Waals surface area contributed by atoms with Crippen molar-refractivity contribution in [2.24, 2.45) is 0 Å². The monoisotopic (exact) mass is 1190 g/mol. The van der Waals surface area contributed by atoms with Gasteiger partial charge in [0.25, 0.3) is 0 Å². The van der Waals surface area contributed by atoms with Gasteiger partial charge in [0.15, 0.2) is 46.6 Å². The molecule has 8 aromatic carbocycles. The van der Waals surface area contributed by atoms with Crippen LogP contribution in [-0.2, 0) is 0 Å². The van der Waals surface area contributed by atoms with Gasteiger partial charge in [-0.3, -0.25) is 0 Å². The average Bonchev–Trinajstić information content (AvgIpc) is 4.53. The van der Waals surface area contributed by atoms with E-state index in [1.807, 2.05) is 194 Å². The molecule has 16 nitrogen and oxygen atoms in total. The first-order chi connectivity index (χ1) is 39.6. The minimum atomic E-state index is 0. The summed E-state index contributed by atoms with van der Waals surface area (Å²) in [5.74, 6) is 4.78. The molecule has 4 N–H and O–H groups in total. The van der Waals surface area contributed by atoms with Crippen LogP contribution < -0.4 is 0 Å². The van der Waals surface area contributed by atoms with Gasteiger partial charge < -0.3 is 19.9 Å². The Balaban J connectivity index is 0.000000132. The fourth-order valence-electron chi connectivity index (χ4n) is 11.2. The van der Waals surface area contributed by atoms with Crippen LogP contribution in [0.5, 0.6) is 0 Å². The maximum absolute atomic E-state index is 5.02. The minimum absolute atomic E-state index is 0. The van der Waals surface area contributed by atoms with E-state index in [0.717, 1.165) is 87.6 Å². The Hall–Kier alpha value is -10.2. The van der Waals surface area contributed by atoms with Gasteiger partial charge in [0.1, 0.15) is 45.2 Å². The summed E-state index contributed by atoms with van der Waals surface area (Å²) in [5.41, 5.74) is 12.9. The van der Waals surface area contributed by atoms with Gasteiger partial charge in [-0.1, -0.05) is 194 Å². The molecule has 0 atom stereocenters. The third kappa shape index (κ3) is 7.57. The Morgan fingerprint density at radius 3 is 0.420 bits per heavy atom. The largest absolute Gasteiger partial charge is 0.324 e. The number of nitrogens with zero attached hydrogens (tertiary/aromatic N) is 12. The number of aromatic amines is 4. The molecule has 17 heteroatoms. The molecule has 0 saturated heterocycles. The molecule has 0 amide bonds. The number of aromatic nitrogens is 16. The van der Waals surface area contributed by atoms with E-state index in [-0.39, 0.29) is 38.6 Å². The van der Waals surface area contributed by atoms with Crippen molar-refractivity contribution in [2.75, 3.05) is 0 Å². The van der Waals surface area contributed by atoms with E-state index in [2.05, 4.69) is 19.9 Å². The molecule has 381 valence electrons. The van der Waals surface area contributed by atoms with Crippen LogP contribution in [0.25, 0.3) is 179 Å². The Morgan fingerprint density at radius 2 is 0.284 bits per heavy atom. The first-order valence-corrected chi connectivity index (χ1v) is 26.0. The molecule has 14 aromatic rings. The second-order valence-electron chi connectivity index (χ2n) is 19.6. The second-order valence-corrected chi connectivity index (χ2v) is 19.6. The minimum Gasteiger partial charge on any atom is -0.324 e. The van der Waals surface area contributed by atoms with Crippen LogP contribution in [0.4, 0.5) is 0 Å². The molecular weight excluding hydrogens is 1150 g/mol. The van der Waals surface area contributed by atoms with Crippen LogP contribution in [-0.4, -0.2) is 79.7 Å². The Morgan fingerprint density at radius 1 is 0.160 bits per heavy atom. The van der Waals surface area contributed by atoms with Crippen molar-refractivity contribution in [1.82, 2.24) is 79.7 Å². The molecule has 10 heterocycles.